The third kappa shape index (κ3) is 3.33. The Labute approximate surface area is 110 Å². The van der Waals surface area contributed by atoms with Gasteiger partial charge in [-0.1, -0.05) is 13.8 Å². The summed E-state index contributed by atoms with van der Waals surface area (Å²) in [7, 11) is 2.21. The van der Waals surface area contributed by atoms with Crippen LogP contribution in [-0.4, -0.2) is 40.6 Å². The Kier molecular flexibility index (Phi) is 4.78. The minimum atomic E-state index is 0.645. The van der Waals surface area contributed by atoms with Crippen LogP contribution in [0.15, 0.2) is 12.5 Å². The fourth-order valence-corrected chi connectivity index (χ4v) is 2.83. The molecular formula is C14H26N4. The summed E-state index contributed by atoms with van der Waals surface area (Å²) in [5.74, 6) is 0.728. The number of aromatic nitrogens is 2. The Morgan fingerprint density at radius 2 is 2.33 bits per heavy atom. The molecule has 2 unspecified atom stereocenters. The monoisotopic (exact) mass is 250 g/mol. The molecule has 1 N–H and O–H groups in total. The summed E-state index contributed by atoms with van der Waals surface area (Å²) in [6.07, 6.45) is 6.34. The molecule has 0 saturated carbocycles. The van der Waals surface area contributed by atoms with Crippen molar-refractivity contribution >= 4 is 0 Å². The van der Waals surface area contributed by atoms with Gasteiger partial charge in [0.15, 0.2) is 0 Å². The highest BCUT2D eigenvalue weighted by atomic mass is 15.1. The first-order chi connectivity index (χ1) is 8.70. The fourth-order valence-electron chi connectivity index (χ4n) is 2.83. The number of hydrogen-bond donors (Lipinski definition) is 1. The predicted molar refractivity (Wildman–Crippen MR) is 74.4 cm³/mol. The standard InChI is InChI=1S/C14H26N4/c1-4-6-18-11-15-8-13(18)9-16-14-5-7-17(3)10-12(14)2/h8,11-12,14,16H,4-7,9-10H2,1-3H3. The van der Waals surface area contributed by atoms with Gasteiger partial charge in [-0.25, -0.2) is 4.98 Å². The van der Waals surface area contributed by atoms with E-state index in [0.29, 0.717) is 6.04 Å². The van der Waals surface area contributed by atoms with Crippen molar-refractivity contribution in [2.75, 3.05) is 20.1 Å². The van der Waals surface area contributed by atoms with Gasteiger partial charge in [0, 0.05) is 31.9 Å². The second-order valence-corrected chi connectivity index (χ2v) is 5.59. The molecule has 0 aromatic carbocycles. The van der Waals surface area contributed by atoms with Crippen molar-refractivity contribution in [3.63, 3.8) is 0 Å². The maximum absolute atomic E-state index is 4.25. The van der Waals surface area contributed by atoms with E-state index in [4.69, 9.17) is 0 Å². The summed E-state index contributed by atoms with van der Waals surface area (Å²) in [6.45, 7) is 8.97. The van der Waals surface area contributed by atoms with Crippen LogP contribution < -0.4 is 5.32 Å². The lowest BCUT2D eigenvalue weighted by Gasteiger charge is -2.35. The maximum atomic E-state index is 4.25. The topological polar surface area (TPSA) is 33.1 Å². The molecule has 0 aliphatic carbocycles. The van der Waals surface area contributed by atoms with Crippen molar-refractivity contribution in [3.05, 3.63) is 18.2 Å². The lowest BCUT2D eigenvalue weighted by molar-refractivity contribution is 0.174. The highest BCUT2D eigenvalue weighted by Crippen LogP contribution is 2.16. The van der Waals surface area contributed by atoms with Gasteiger partial charge in [-0.15, -0.1) is 0 Å². The lowest BCUT2D eigenvalue weighted by Crippen LogP contribution is -2.46. The molecule has 4 nitrogen and oxygen atoms in total. The van der Waals surface area contributed by atoms with E-state index in [9.17, 15) is 0 Å². The zero-order valence-electron chi connectivity index (χ0n) is 11.9. The van der Waals surface area contributed by atoms with Crippen LogP contribution in [0.2, 0.25) is 0 Å². The van der Waals surface area contributed by atoms with E-state index < -0.39 is 0 Å². The lowest BCUT2D eigenvalue weighted by atomic mass is 9.94. The van der Waals surface area contributed by atoms with E-state index in [-0.39, 0.29) is 0 Å². The third-order valence-corrected chi connectivity index (χ3v) is 3.92. The van der Waals surface area contributed by atoms with Crippen LogP contribution in [0.4, 0.5) is 0 Å². The van der Waals surface area contributed by atoms with Gasteiger partial charge >= 0.3 is 0 Å². The molecule has 2 rings (SSSR count). The van der Waals surface area contributed by atoms with Crippen LogP contribution >= 0.6 is 0 Å². The van der Waals surface area contributed by atoms with E-state index >= 15 is 0 Å². The van der Waals surface area contributed by atoms with Crippen LogP contribution in [0.25, 0.3) is 0 Å². The number of nitrogens with zero attached hydrogens (tertiary/aromatic N) is 3. The van der Waals surface area contributed by atoms with Gasteiger partial charge in [0.05, 0.1) is 12.0 Å². The van der Waals surface area contributed by atoms with E-state index in [1.165, 1.54) is 25.2 Å². The van der Waals surface area contributed by atoms with Gasteiger partial charge in [-0.05, 0) is 32.4 Å². The first-order valence-corrected chi connectivity index (χ1v) is 7.11. The highest BCUT2D eigenvalue weighted by Gasteiger charge is 2.23. The number of aryl methyl sites for hydroxylation is 1. The van der Waals surface area contributed by atoms with Crippen molar-refractivity contribution in [1.29, 1.82) is 0 Å². The van der Waals surface area contributed by atoms with Crippen LogP contribution in [0, 0.1) is 5.92 Å². The molecule has 102 valence electrons. The Balaban J connectivity index is 1.85. The first kappa shape index (κ1) is 13.6. The van der Waals surface area contributed by atoms with E-state index in [1.54, 1.807) is 0 Å². The number of likely N-dealkylation sites (tertiary alicyclic amines) is 1. The number of piperidine rings is 1. The Hall–Kier alpha value is -0.870. The molecule has 2 heterocycles. The molecule has 2 atom stereocenters. The van der Waals surface area contributed by atoms with Crippen LogP contribution in [0.3, 0.4) is 0 Å². The predicted octanol–water partition coefficient (Wildman–Crippen LogP) is 1.72. The van der Waals surface area contributed by atoms with Crippen LogP contribution in [0.1, 0.15) is 32.4 Å². The van der Waals surface area contributed by atoms with E-state index in [0.717, 1.165) is 25.4 Å². The molecule has 0 amide bonds. The molecule has 1 aliphatic heterocycles. The Bertz CT molecular complexity index is 360. The maximum Gasteiger partial charge on any atom is 0.0948 e. The largest absolute Gasteiger partial charge is 0.333 e. The van der Waals surface area contributed by atoms with Crippen LogP contribution in [0.5, 0.6) is 0 Å². The van der Waals surface area contributed by atoms with Crippen LogP contribution in [-0.2, 0) is 13.1 Å². The smallest absolute Gasteiger partial charge is 0.0948 e. The average Bonchev–Trinajstić information content (AvgIpc) is 2.76. The number of rotatable bonds is 5. The second kappa shape index (κ2) is 6.34. The Morgan fingerprint density at radius 1 is 1.50 bits per heavy atom. The molecule has 1 aliphatic rings. The summed E-state index contributed by atoms with van der Waals surface area (Å²) in [4.78, 5) is 6.67. The highest BCUT2D eigenvalue weighted by molar-refractivity contribution is 4.98. The average molecular weight is 250 g/mol. The minimum absolute atomic E-state index is 0.645. The first-order valence-electron chi connectivity index (χ1n) is 7.11. The Morgan fingerprint density at radius 3 is 3.06 bits per heavy atom. The van der Waals surface area contributed by atoms with Gasteiger partial charge in [0.25, 0.3) is 0 Å². The van der Waals surface area contributed by atoms with E-state index in [1.807, 2.05) is 12.5 Å². The summed E-state index contributed by atoms with van der Waals surface area (Å²) >= 11 is 0. The molecule has 0 bridgehead atoms. The summed E-state index contributed by atoms with van der Waals surface area (Å²) in [5, 5.41) is 3.71. The molecule has 1 aromatic rings. The van der Waals surface area contributed by atoms with Crippen molar-refractivity contribution in [1.82, 2.24) is 19.8 Å². The van der Waals surface area contributed by atoms with Gasteiger partial charge in [-0.2, -0.15) is 0 Å². The molecule has 0 radical (unpaired) electrons. The molecule has 4 heteroatoms. The fraction of sp³-hybridized carbons (Fsp3) is 0.786. The third-order valence-electron chi connectivity index (χ3n) is 3.92. The molecule has 1 saturated heterocycles. The van der Waals surface area contributed by atoms with Gasteiger partial charge in [0.1, 0.15) is 0 Å². The normalized spacial score (nSPS) is 25.5. The number of hydrogen-bond acceptors (Lipinski definition) is 3. The van der Waals surface area contributed by atoms with Gasteiger partial charge in [-0.3, -0.25) is 0 Å². The zero-order chi connectivity index (χ0) is 13.0. The number of nitrogens with one attached hydrogen (secondary N) is 1. The van der Waals surface area contributed by atoms with Crippen molar-refractivity contribution in [2.45, 2.75) is 45.8 Å². The van der Waals surface area contributed by atoms with Crippen molar-refractivity contribution in [2.24, 2.45) is 5.92 Å². The summed E-state index contributed by atoms with van der Waals surface area (Å²) in [6, 6.07) is 0.645. The number of imidazole rings is 1. The second-order valence-electron chi connectivity index (χ2n) is 5.59. The van der Waals surface area contributed by atoms with E-state index in [2.05, 4.69) is 40.7 Å². The van der Waals surface area contributed by atoms with Crippen molar-refractivity contribution < 1.29 is 0 Å². The summed E-state index contributed by atoms with van der Waals surface area (Å²) in [5.41, 5.74) is 1.31. The molecule has 1 aromatic heterocycles. The summed E-state index contributed by atoms with van der Waals surface area (Å²) < 4.78 is 2.26. The minimum Gasteiger partial charge on any atom is -0.333 e. The van der Waals surface area contributed by atoms with Gasteiger partial charge in [0.2, 0.25) is 0 Å². The molecule has 0 spiro atoms. The van der Waals surface area contributed by atoms with Crippen molar-refractivity contribution in [3.8, 4) is 0 Å². The van der Waals surface area contributed by atoms with Gasteiger partial charge < -0.3 is 14.8 Å². The molecular weight excluding hydrogens is 224 g/mol. The SMILES string of the molecule is CCCn1cncc1CNC1CCN(C)CC1C. The molecule has 18 heavy (non-hydrogen) atoms. The molecule has 1 fully saturated rings. The quantitative estimate of drug-likeness (QED) is 0.864. The zero-order valence-corrected chi connectivity index (χ0v) is 11.9.